The Hall–Kier alpha value is -3.04. The molecule has 1 aliphatic rings. The third kappa shape index (κ3) is 6.58. The first kappa shape index (κ1) is 29.0. The van der Waals surface area contributed by atoms with Gasteiger partial charge in [-0.15, -0.1) is 0 Å². The topological polar surface area (TPSA) is 38.5 Å². The van der Waals surface area contributed by atoms with Gasteiger partial charge < -0.3 is 10.5 Å². The van der Waals surface area contributed by atoms with E-state index in [2.05, 4.69) is 17.0 Å². The van der Waals surface area contributed by atoms with E-state index in [0.29, 0.717) is 30.3 Å². The molecule has 1 fully saturated rings. The predicted octanol–water partition coefficient (Wildman–Crippen LogP) is 7.08. The van der Waals surface area contributed by atoms with Crippen LogP contribution in [-0.4, -0.2) is 31.6 Å². The molecule has 0 radical (unpaired) electrons. The molecular weight excluding hydrogens is 518 g/mol. The van der Waals surface area contributed by atoms with Crippen LogP contribution in [0.25, 0.3) is 0 Å². The number of piperidine rings is 1. The minimum Gasteiger partial charge on any atom is -0.496 e. The van der Waals surface area contributed by atoms with E-state index in [4.69, 9.17) is 10.5 Å². The van der Waals surface area contributed by atoms with Crippen molar-refractivity contribution in [3.63, 3.8) is 0 Å². The maximum Gasteiger partial charge on any atom is 0.416 e. The third-order valence-electron chi connectivity index (χ3n) is 7.68. The second kappa shape index (κ2) is 11.6. The molecule has 1 unspecified atom stereocenters. The van der Waals surface area contributed by atoms with Crippen molar-refractivity contribution in [2.45, 2.75) is 43.6 Å². The molecule has 3 aromatic rings. The van der Waals surface area contributed by atoms with Crippen molar-refractivity contribution in [2.24, 2.45) is 11.7 Å². The molecule has 0 aliphatic carbocycles. The molecule has 4 rings (SSSR count). The van der Waals surface area contributed by atoms with Gasteiger partial charge in [-0.25, -0.2) is 0 Å². The Labute approximate surface area is 224 Å². The summed E-state index contributed by atoms with van der Waals surface area (Å²) in [7, 11) is 1.48. The second-order valence-corrected chi connectivity index (χ2v) is 10.1. The van der Waals surface area contributed by atoms with Crippen LogP contribution in [0.4, 0.5) is 26.3 Å². The number of para-hydroxylation sites is 1. The van der Waals surface area contributed by atoms with Crippen LogP contribution >= 0.6 is 0 Å². The average molecular weight is 551 g/mol. The van der Waals surface area contributed by atoms with Crippen molar-refractivity contribution in [2.75, 3.05) is 26.7 Å². The first-order chi connectivity index (χ1) is 18.5. The number of methoxy groups -OCH3 is 1. The van der Waals surface area contributed by atoms with Gasteiger partial charge in [0.15, 0.2) is 0 Å². The van der Waals surface area contributed by atoms with Crippen molar-refractivity contribution < 1.29 is 31.1 Å². The molecule has 9 heteroatoms. The van der Waals surface area contributed by atoms with Gasteiger partial charge in [-0.2, -0.15) is 26.3 Å². The Morgan fingerprint density at radius 3 is 1.90 bits per heavy atom. The van der Waals surface area contributed by atoms with Gasteiger partial charge in [0.25, 0.3) is 0 Å². The molecule has 2 N–H and O–H groups in total. The summed E-state index contributed by atoms with van der Waals surface area (Å²) < 4.78 is 87.5. The maximum absolute atomic E-state index is 13.6. The highest BCUT2D eigenvalue weighted by atomic mass is 19.4. The second-order valence-electron chi connectivity index (χ2n) is 10.1. The predicted molar refractivity (Wildman–Crippen MR) is 138 cm³/mol. The number of hydrogen-bond acceptors (Lipinski definition) is 3. The third-order valence-corrected chi connectivity index (χ3v) is 7.68. The van der Waals surface area contributed by atoms with Crippen LogP contribution in [0.5, 0.6) is 5.75 Å². The first-order valence-corrected chi connectivity index (χ1v) is 12.9. The number of alkyl halides is 6. The molecule has 0 saturated carbocycles. The Morgan fingerprint density at radius 2 is 1.36 bits per heavy atom. The summed E-state index contributed by atoms with van der Waals surface area (Å²) in [6.45, 7) is 1.17. The highest BCUT2D eigenvalue weighted by Gasteiger charge is 2.43. The number of benzene rings is 3. The number of halogens is 6. The lowest BCUT2D eigenvalue weighted by atomic mass is 9.78. The zero-order chi connectivity index (χ0) is 28.3. The minimum atomic E-state index is -4.93. The molecule has 1 heterocycles. The molecule has 3 nitrogen and oxygen atoms in total. The fourth-order valence-electron chi connectivity index (χ4n) is 5.69. The summed E-state index contributed by atoms with van der Waals surface area (Å²) in [5.41, 5.74) is 4.46. The van der Waals surface area contributed by atoms with E-state index in [-0.39, 0.29) is 24.6 Å². The minimum absolute atomic E-state index is 0.0195. The normalized spacial score (nSPS) is 17.1. The maximum atomic E-state index is 13.6. The zero-order valence-electron chi connectivity index (χ0n) is 21.7. The summed E-state index contributed by atoms with van der Waals surface area (Å²) in [5.74, 6) is 0.888. The van der Waals surface area contributed by atoms with Crippen LogP contribution < -0.4 is 10.5 Å². The number of likely N-dealkylation sites (tertiary alicyclic amines) is 1. The Bertz CT molecular complexity index is 1200. The van der Waals surface area contributed by atoms with Crippen LogP contribution in [0.15, 0.2) is 72.8 Å². The van der Waals surface area contributed by atoms with Crippen LogP contribution in [0.1, 0.15) is 40.7 Å². The molecule has 0 spiro atoms. The number of hydrogen-bond donors (Lipinski definition) is 1. The lowest BCUT2D eigenvalue weighted by molar-refractivity contribution is -0.143. The van der Waals surface area contributed by atoms with E-state index in [0.717, 1.165) is 31.4 Å². The summed E-state index contributed by atoms with van der Waals surface area (Å²) in [5, 5.41) is 0. The van der Waals surface area contributed by atoms with Crippen LogP contribution in [0.3, 0.4) is 0 Å². The zero-order valence-corrected chi connectivity index (χ0v) is 21.7. The van der Waals surface area contributed by atoms with E-state index in [1.165, 1.54) is 12.7 Å². The van der Waals surface area contributed by atoms with E-state index >= 15 is 0 Å². The quantitative estimate of drug-likeness (QED) is 0.305. The molecule has 39 heavy (non-hydrogen) atoms. The molecule has 0 bridgehead atoms. The number of nitrogens with zero attached hydrogens (tertiary/aromatic N) is 1. The highest BCUT2D eigenvalue weighted by molar-refractivity contribution is 5.43. The molecule has 1 atom stereocenters. The van der Waals surface area contributed by atoms with Crippen LogP contribution in [0, 0.1) is 5.92 Å². The summed E-state index contributed by atoms with van der Waals surface area (Å²) in [6.07, 6.45) is -7.45. The van der Waals surface area contributed by atoms with Crippen molar-refractivity contribution in [3.05, 3.63) is 101 Å². The highest BCUT2D eigenvalue weighted by Crippen LogP contribution is 2.42. The van der Waals surface area contributed by atoms with Gasteiger partial charge in [0.2, 0.25) is 0 Å². The van der Waals surface area contributed by atoms with Gasteiger partial charge >= 0.3 is 12.4 Å². The molecule has 210 valence electrons. The van der Waals surface area contributed by atoms with Gasteiger partial charge in [0.05, 0.1) is 23.8 Å². The largest absolute Gasteiger partial charge is 0.496 e. The van der Waals surface area contributed by atoms with Crippen molar-refractivity contribution in [1.29, 1.82) is 0 Å². The summed E-state index contributed by atoms with van der Waals surface area (Å²) in [6, 6.07) is 18.9. The van der Waals surface area contributed by atoms with E-state index in [9.17, 15) is 26.3 Å². The lowest BCUT2D eigenvalue weighted by Crippen LogP contribution is -2.55. The first-order valence-electron chi connectivity index (χ1n) is 12.9. The van der Waals surface area contributed by atoms with Crippen LogP contribution in [0.2, 0.25) is 0 Å². The fraction of sp³-hybridized carbons (Fsp3) is 0.400. The van der Waals surface area contributed by atoms with E-state index in [1.807, 2.05) is 18.2 Å². The summed E-state index contributed by atoms with van der Waals surface area (Å²) >= 11 is 0. The van der Waals surface area contributed by atoms with Gasteiger partial charge in [-0.1, -0.05) is 48.5 Å². The smallest absolute Gasteiger partial charge is 0.416 e. The Morgan fingerprint density at radius 1 is 0.795 bits per heavy atom. The lowest BCUT2D eigenvalue weighted by Gasteiger charge is -2.48. The van der Waals surface area contributed by atoms with Crippen molar-refractivity contribution >= 4 is 0 Å². The van der Waals surface area contributed by atoms with Gasteiger partial charge in [-0.3, -0.25) is 4.90 Å². The average Bonchev–Trinajstić information content (AvgIpc) is 2.92. The summed E-state index contributed by atoms with van der Waals surface area (Å²) in [4.78, 5) is 2.11. The van der Waals surface area contributed by atoms with Crippen LogP contribution in [-0.2, 0) is 30.7 Å². The number of ether oxygens (including phenoxy) is 1. The van der Waals surface area contributed by atoms with Crippen molar-refractivity contribution in [1.82, 2.24) is 4.90 Å². The van der Waals surface area contributed by atoms with Crippen molar-refractivity contribution in [3.8, 4) is 5.75 Å². The Kier molecular flexibility index (Phi) is 8.61. The standard InChI is InChI=1S/C30H32F6N2O/c1-39-27-10-6-5-9-26(27)28(20-37,38-13-11-22(12-14-38)15-21-7-3-2-4-8-21)19-23-16-24(29(31,32)33)18-25(17-23)30(34,35)36/h2-10,16-18,22H,11-15,19-20,37H2,1H3. The molecular formula is C30H32F6N2O. The van der Waals surface area contributed by atoms with Gasteiger partial charge in [0, 0.05) is 12.1 Å². The molecule has 1 aliphatic heterocycles. The van der Waals surface area contributed by atoms with Gasteiger partial charge in [-0.05, 0) is 80.1 Å². The Balaban J connectivity index is 1.73. The van der Waals surface area contributed by atoms with Gasteiger partial charge in [0.1, 0.15) is 5.75 Å². The number of nitrogens with two attached hydrogens (primary N) is 1. The molecule has 0 aromatic heterocycles. The van der Waals surface area contributed by atoms with E-state index < -0.39 is 29.0 Å². The molecule has 0 amide bonds. The number of rotatable bonds is 8. The molecule has 1 saturated heterocycles. The SMILES string of the molecule is COc1ccccc1C(CN)(Cc1cc(C(F)(F)F)cc(C(F)(F)F)c1)N1CCC(Cc2ccccc2)CC1. The fourth-order valence-corrected chi connectivity index (χ4v) is 5.69. The van der Waals surface area contributed by atoms with E-state index in [1.54, 1.807) is 24.3 Å². The monoisotopic (exact) mass is 550 g/mol. The molecule has 3 aromatic carbocycles.